The molecule has 1 aliphatic heterocycles. The van der Waals surface area contributed by atoms with Crippen molar-refractivity contribution >= 4 is 5.91 Å². The molecule has 2 heterocycles. The van der Waals surface area contributed by atoms with Gasteiger partial charge in [0.1, 0.15) is 6.54 Å². The summed E-state index contributed by atoms with van der Waals surface area (Å²) in [6, 6.07) is 8.52. The first-order chi connectivity index (χ1) is 11.0. The van der Waals surface area contributed by atoms with Crippen LogP contribution in [-0.2, 0) is 11.3 Å². The van der Waals surface area contributed by atoms with Gasteiger partial charge in [-0.2, -0.15) is 4.80 Å². The molecule has 2 atom stereocenters. The van der Waals surface area contributed by atoms with Crippen LogP contribution < -0.4 is 0 Å². The van der Waals surface area contributed by atoms with Crippen LogP contribution in [0.25, 0.3) is 11.4 Å². The zero-order valence-corrected chi connectivity index (χ0v) is 13.9. The largest absolute Gasteiger partial charge is 0.336 e. The maximum atomic E-state index is 12.6. The number of piperidine rings is 1. The highest BCUT2D eigenvalue weighted by Gasteiger charge is 2.29. The number of tetrazole rings is 1. The molecule has 1 aromatic heterocycles. The van der Waals surface area contributed by atoms with Gasteiger partial charge in [-0.05, 0) is 45.2 Å². The van der Waals surface area contributed by atoms with E-state index in [1.165, 1.54) is 16.8 Å². The third-order valence-electron chi connectivity index (χ3n) is 4.52. The average Bonchev–Trinajstić information content (AvgIpc) is 2.96. The van der Waals surface area contributed by atoms with E-state index in [-0.39, 0.29) is 24.5 Å². The van der Waals surface area contributed by atoms with Crippen LogP contribution >= 0.6 is 0 Å². The van der Waals surface area contributed by atoms with E-state index in [0.29, 0.717) is 5.82 Å². The summed E-state index contributed by atoms with van der Waals surface area (Å²) in [4.78, 5) is 15.9. The zero-order chi connectivity index (χ0) is 16.4. The van der Waals surface area contributed by atoms with Crippen LogP contribution in [0.4, 0.5) is 0 Å². The summed E-state index contributed by atoms with van der Waals surface area (Å²) in [6.45, 7) is 6.40. The van der Waals surface area contributed by atoms with Crippen LogP contribution in [0.5, 0.6) is 0 Å². The molecule has 0 N–H and O–H groups in total. The highest BCUT2D eigenvalue weighted by atomic mass is 16.2. The fraction of sp³-hybridized carbons (Fsp3) is 0.529. The molecule has 0 unspecified atom stereocenters. The van der Waals surface area contributed by atoms with Crippen LogP contribution in [0.15, 0.2) is 24.3 Å². The monoisotopic (exact) mass is 313 g/mol. The third kappa shape index (κ3) is 3.41. The van der Waals surface area contributed by atoms with E-state index in [9.17, 15) is 4.79 Å². The summed E-state index contributed by atoms with van der Waals surface area (Å²) in [5.41, 5.74) is 2.10. The molecule has 0 aliphatic carbocycles. The molecule has 1 amide bonds. The number of amides is 1. The molecule has 0 saturated carbocycles. The summed E-state index contributed by atoms with van der Waals surface area (Å²) in [6.07, 6.45) is 3.32. The first kappa shape index (κ1) is 15.6. The van der Waals surface area contributed by atoms with Gasteiger partial charge in [0.2, 0.25) is 11.7 Å². The van der Waals surface area contributed by atoms with Crippen molar-refractivity contribution in [3.05, 3.63) is 29.8 Å². The Morgan fingerprint density at radius 3 is 2.48 bits per heavy atom. The lowest BCUT2D eigenvalue weighted by Crippen LogP contribution is -2.48. The van der Waals surface area contributed by atoms with Crippen molar-refractivity contribution in [1.29, 1.82) is 0 Å². The average molecular weight is 313 g/mol. The number of carbonyl (C=O) groups excluding carboxylic acids is 1. The molecule has 1 aromatic carbocycles. The number of aromatic nitrogens is 4. The number of benzene rings is 1. The summed E-state index contributed by atoms with van der Waals surface area (Å²) < 4.78 is 0. The highest BCUT2D eigenvalue weighted by Crippen LogP contribution is 2.22. The topological polar surface area (TPSA) is 63.9 Å². The Hall–Kier alpha value is -2.24. The molecule has 0 spiro atoms. The van der Waals surface area contributed by atoms with Gasteiger partial charge in [0.05, 0.1) is 0 Å². The molecule has 1 saturated heterocycles. The van der Waals surface area contributed by atoms with Gasteiger partial charge >= 0.3 is 0 Å². The van der Waals surface area contributed by atoms with Gasteiger partial charge in [-0.1, -0.05) is 29.8 Å². The molecule has 122 valence electrons. The first-order valence-electron chi connectivity index (χ1n) is 8.20. The lowest BCUT2D eigenvalue weighted by molar-refractivity contribution is -0.138. The van der Waals surface area contributed by atoms with Gasteiger partial charge in [0.15, 0.2) is 0 Å². The van der Waals surface area contributed by atoms with Crippen molar-refractivity contribution in [3.8, 4) is 11.4 Å². The molecule has 2 aromatic rings. The van der Waals surface area contributed by atoms with E-state index in [4.69, 9.17) is 0 Å². The smallest absolute Gasteiger partial charge is 0.246 e. The van der Waals surface area contributed by atoms with Crippen molar-refractivity contribution in [2.24, 2.45) is 0 Å². The molecular weight excluding hydrogens is 290 g/mol. The lowest BCUT2D eigenvalue weighted by atomic mass is 9.97. The van der Waals surface area contributed by atoms with Crippen LogP contribution in [0.1, 0.15) is 38.7 Å². The van der Waals surface area contributed by atoms with Crippen molar-refractivity contribution in [2.75, 3.05) is 0 Å². The summed E-state index contributed by atoms with van der Waals surface area (Å²) >= 11 is 0. The Morgan fingerprint density at radius 2 is 1.83 bits per heavy atom. The standard InChI is InChI=1S/C17H23N5O/c1-12-7-9-15(10-8-12)17-18-20-21(19-17)11-16(23)22-13(2)5-4-6-14(22)3/h7-10,13-14H,4-6,11H2,1-3H3/t13-,14-/m0/s1. The third-order valence-corrected chi connectivity index (χ3v) is 4.52. The zero-order valence-electron chi connectivity index (χ0n) is 13.9. The van der Waals surface area contributed by atoms with E-state index < -0.39 is 0 Å². The number of aryl methyl sites for hydroxylation is 1. The lowest BCUT2D eigenvalue weighted by Gasteiger charge is -2.38. The molecule has 6 heteroatoms. The minimum Gasteiger partial charge on any atom is -0.336 e. The van der Waals surface area contributed by atoms with Gasteiger partial charge in [0.25, 0.3) is 0 Å². The van der Waals surface area contributed by atoms with Crippen molar-refractivity contribution in [1.82, 2.24) is 25.1 Å². The second-order valence-electron chi connectivity index (χ2n) is 6.44. The molecule has 0 radical (unpaired) electrons. The minimum atomic E-state index is 0.0672. The predicted molar refractivity (Wildman–Crippen MR) is 87.6 cm³/mol. The second kappa shape index (κ2) is 6.48. The molecule has 1 aliphatic rings. The van der Waals surface area contributed by atoms with Crippen LogP contribution in [-0.4, -0.2) is 43.1 Å². The van der Waals surface area contributed by atoms with Gasteiger partial charge in [-0.25, -0.2) is 0 Å². The van der Waals surface area contributed by atoms with E-state index in [0.717, 1.165) is 18.4 Å². The molecule has 6 nitrogen and oxygen atoms in total. The number of nitrogens with zero attached hydrogens (tertiary/aromatic N) is 5. The predicted octanol–water partition coefficient (Wildman–Crippen LogP) is 2.44. The summed E-state index contributed by atoms with van der Waals surface area (Å²) in [5.74, 6) is 0.620. The van der Waals surface area contributed by atoms with Crippen LogP contribution in [0, 0.1) is 6.92 Å². The van der Waals surface area contributed by atoms with E-state index in [2.05, 4.69) is 29.3 Å². The van der Waals surface area contributed by atoms with Crippen molar-refractivity contribution < 1.29 is 4.79 Å². The summed E-state index contributed by atoms with van der Waals surface area (Å²) in [7, 11) is 0. The number of likely N-dealkylation sites (tertiary alicyclic amines) is 1. The number of hydrogen-bond donors (Lipinski definition) is 0. The molecule has 1 fully saturated rings. The number of rotatable bonds is 3. The quantitative estimate of drug-likeness (QED) is 0.873. The Bertz CT molecular complexity index is 669. The van der Waals surface area contributed by atoms with Crippen LogP contribution in [0.2, 0.25) is 0 Å². The van der Waals surface area contributed by atoms with Crippen LogP contribution in [0.3, 0.4) is 0 Å². The second-order valence-corrected chi connectivity index (χ2v) is 6.44. The van der Waals surface area contributed by atoms with Gasteiger partial charge in [-0.15, -0.1) is 10.2 Å². The Kier molecular flexibility index (Phi) is 4.41. The maximum Gasteiger partial charge on any atom is 0.246 e. The maximum absolute atomic E-state index is 12.6. The molecule has 0 bridgehead atoms. The van der Waals surface area contributed by atoms with E-state index in [1.807, 2.05) is 36.1 Å². The summed E-state index contributed by atoms with van der Waals surface area (Å²) in [5, 5.41) is 12.4. The van der Waals surface area contributed by atoms with E-state index in [1.54, 1.807) is 0 Å². The fourth-order valence-electron chi connectivity index (χ4n) is 3.24. The van der Waals surface area contributed by atoms with Crippen molar-refractivity contribution in [3.63, 3.8) is 0 Å². The Labute approximate surface area is 136 Å². The Balaban J connectivity index is 1.71. The minimum absolute atomic E-state index is 0.0672. The molecule has 23 heavy (non-hydrogen) atoms. The number of hydrogen-bond acceptors (Lipinski definition) is 4. The van der Waals surface area contributed by atoms with Gasteiger partial charge in [0, 0.05) is 17.6 Å². The van der Waals surface area contributed by atoms with Gasteiger partial charge in [-0.3, -0.25) is 4.79 Å². The Morgan fingerprint density at radius 1 is 1.17 bits per heavy atom. The highest BCUT2D eigenvalue weighted by molar-refractivity contribution is 5.76. The van der Waals surface area contributed by atoms with Crippen molar-refractivity contribution in [2.45, 2.75) is 58.7 Å². The van der Waals surface area contributed by atoms with Gasteiger partial charge < -0.3 is 4.90 Å². The molecule has 3 rings (SSSR count). The van der Waals surface area contributed by atoms with E-state index >= 15 is 0 Å². The SMILES string of the molecule is Cc1ccc(-c2nnn(CC(=O)N3[C@@H](C)CCC[C@@H]3C)n2)cc1. The molecular formula is C17H23N5O. The normalized spacial score (nSPS) is 21.4. The number of carbonyl (C=O) groups is 1. The fourth-order valence-corrected chi connectivity index (χ4v) is 3.24. The first-order valence-corrected chi connectivity index (χ1v) is 8.20.